The molecule has 1 aromatic carbocycles. The molecule has 0 atom stereocenters. The number of hydroxylamine groups is 2. The Morgan fingerprint density at radius 1 is 0.952 bits per heavy atom. The predicted octanol–water partition coefficient (Wildman–Crippen LogP) is 1.01. The minimum absolute atomic E-state index is 0.0915. The van der Waals surface area contributed by atoms with Crippen LogP contribution in [0.2, 0.25) is 0 Å². The number of carbonyl (C=O) groups excluding carboxylic acids is 3. The van der Waals surface area contributed by atoms with Gasteiger partial charge >= 0.3 is 11.6 Å². The summed E-state index contributed by atoms with van der Waals surface area (Å²) >= 11 is 0. The molecule has 1 aliphatic rings. The quantitative estimate of drug-likeness (QED) is 0.764. The lowest BCUT2D eigenvalue weighted by Crippen LogP contribution is -2.32. The topological polar surface area (TPSA) is 93.9 Å². The standard InChI is InChI=1S/C14H7NO6/c16-11-6-5-8(7-20-11)14(19)21-15-12(17)9-3-1-2-4-10(9)13(15)18/h1-7H. The minimum Gasteiger partial charge on any atom is -0.430 e. The summed E-state index contributed by atoms with van der Waals surface area (Å²) in [7, 11) is 0. The molecule has 0 saturated carbocycles. The van der Waals surface area contributed by atoms with Crippen molar-refractivity contribution in [2.45, 2.75) is 0 Å². The Hall–Kier alpha value is -3.22. The molecule has 3 rings (SSSR count). The molecule has 21 heavy (non-hydrogen) atoms. The van der Waals surface area contributed by atoms with Gasteiger partial charge in [0.15, 0.2) is 0 Å². The van der Waals surface area contributed by atoms with Crippen LogP contribution >= 0.6 is 0 Å². The number of hydrogen-bond donors (Lipinski definition) is 0. The zero-order chi connectivity index (χ0) is 15.0. The molecule has 0 saturated heterocycles. The van der Waals surface area contributed by atoms with Gasteiger partial charge in [-0.05, 0) is 18.2 Å². The summed E-state index contributed by atoms with van der Waals surface area (Å²) in [5.41, 5.74) is -0.400. The molecular formula is C14H7NO6. The molecule has 0 spiro atoms. The zero-order valence-corrected chi connectivity index (χ0v) is 10.4. The maximum Gasteiger partial charge on any atom is 0.367 e. The van der Waals surface area contributed by atoms with Crippen LogP contribution in [0.1, 0.15) is 31.1 Å². The number of nitrogens with zero attached hydrogens (tertiary/aromatic N) is 1. The van der Waals surface area contributed by atoms with Gasteiger partial charge in [-0.1, -0.05) is 17.2 Å². The van der Waals surface area contributed by atoms with Crippen molar-refractivity contribution in [1.82, 2.24) is 5.06 Å². The molecule has 104 valence electrons. The molecule has 1 aliphatic heterocycles. The van der Waals surface area contributed by atoms with E-state index in [1.165, 1.54) is 18.2 Å². The van der Waals surface area contributed by atoms with Crippen LogP contribution in [-0.2, 0) is 4.84 Å². The number of fused-ring (bicyclic) bond motifs is 1. The van der Waals surface area contributed by atoms with E-state index >= 15 is 0 Å². The fourth-order valence-corrected chi connectivity index (χ4v) is 1.86. The van der Waals surface area contributed by atoms with E-state index in [1.807, 2.05) is 0 Å². The van der Waals surface area contributed by atoms with Crippen LogP contribution in [0, 0.1) is 0 Å². The largest absolute Gasteiger partial charge is 0.430 e. The van der Waals surface area contributed by atoms with E-state index in [0.29, 0.717) is 5.06 Å². The zero-order valence-electron chi connectivity index (χ0n) is 10.4. The van der Waals surface area contributed by atoms with Crippen molar-refractivity contribution >= 4 is 17.8 Å². The highest BCUT2D eigenvalue weighted by Crippen LogP contribution is 2.23. The molecule has 7 nitrogen and oxygen atoms in total. The highest BCUT2D eigenvalue weighted by molar-refractivity contribution is 6.21. The number of benzene rings is 1. The summed E-state index contributed by atoms with van der Waals surface area (Å²) in [6.45, 7) is 0. The molecule has 0 fully saturated rings. The lowest BCUT2D eigenvalue weighted by atomic mass is 10.1. The molecule has 1 aromatic heterocycles. The van der Waals surface area contributed by atoms with Crippen LogP contribution < -0.4 is 5.63 Å². The van der Waals surface area contributed by atoms with Gasteiger partial charge < -0.3 is 9.25 Å². The van der Waals surface area contributed by atoms with Crippen molar-refractivity contribution in [3.63, 3.8) is 0 Å². The second-order valence-corrected chi connectivity index (χ2v) is 4.17. The highest BCUT2D eigenvalue weighted by Gasteiger charge is 2.38. The van der Waals surface area contributed by atoms with Gasteiger partial charge in [0, 0.05) is 6.07 Å². The maximum absolute atomic E-state index is 12.0. The first-order valence-corrected chi connectivity index (χ1v) is 5.87. The molecule has 2 heterocycles. The smallest absolute Gasteiger partial charge is 0.367 e. The third-order valence-corrected chi connectivity index (χ3v) is 2.87. The average molecular weight is 285 g/mol. The SMILES string of the molecule is O=C(ON1C(=O)c2ccccc2C1=O)c1ccc(=O)oc1. The van der Waals surface area contributed by atoms with Gasteiger partial charge in [0.25, 0.3) is 11.8 Å². The molecule has 2 amide bonds. The Balaban J connectivity index is 1.85. The van der Waals surface area contributed by atoms with Gasteiger partial charge in [0.2, 0.25) is 0 Å². The number of carbonyl (C=O) groups is 3. The second kappa shape index (κ2) is 4.71. The first kappa shape index (κ1) is 12.8. The summed E-state index contributed by atoms with van der Waals surface area (Å²) in [5.74, 6) is -2.42. The van der Waals surface area contributed by atoms with Crippen molar-refractivity contribution < 1.29 is 23.6 Å². The van der Waals surface area contributed by atoms with E-state index in [1.54, 1.807) is 12.1 Å². The molecule has 0 unspecified atom stereocenters. The van der Waals surface area contributed by atoms with Crippen molar-refractivity contribution in [3.05, 3.63) is 69.8 Å². The summed E-state index contributed by atoms with van der Waals surface area (Å²) in [4.78, 5) is 51.4. The highest BCUT2D eigenvalue weighted by atomic mass is 16.7. The predicted molar refractivity (Wildman–Crippen MR) is 67.3 cm³/mol. The van der Waals surface area contributed by atoms with Crippen LogP contribution in [0.3, 0.4) is 0 Å². The van der Waals surface area contributed by atoms with E-state index < -0.39 is 23.4 Å². The van der Waals surface area contributed by atoms with E-state index in [2.05, 4.69) is 4.42 Å². The van der Waals surface area contributed by atoms with E-state index in [9.17, 15) is 19.2 Å². The number of amides is 2. The first-order chi connectivity index (χ1) is 10.1. The van der Waals surface area contributed by atoms with E-state index in [0.717, 1.165) is 12.3 Å². The molecule has 0 bridgehead atoms. The van der Waals surface area contributed by atoms with E-state index in [-0.39, 0.29) is 16.7 Å². The Morgan fingerprint density at radius 2 is 1.57 bits per heavy atom. The monoisotopic (exact) mass is 285 g/mol. The third-order valence-electron chi connectivity index (χ3n) is 2.87. The molecule has 0 N–H and O–H groups in total. The van der Waals surface area contributed by atoms with Crippen LogP contribution in [-0.4, -0.2) is 22.8 Å². The summed E-state index contributed by atoms with van der Waals surface area (Å²) in [5, 5.41) is 0.387. The van der Waals surface area contributed by atoms with Crippen molar-refractivity contribution in [3.8, 4) is 0 Å². The first-order valence-electron chi connectivity index (χ1n) is 5.87. The Labute approximate surface area is 117 Å². The maximum atomic E-state index is 12.0. The average Bonchev–Trinajstić information content (AvgIpc) is 2.73. The Morgan fingerprint density at radius 3 is 2.10 bits per heavy atom. The molecule has 0 radical (unpaired) electrons. The van der Waals surface area contributed by atoms with Crippen LogP contribution in [0.15, 0.2) is 51.9 Å². The molecular weight excluding hydrogens is 278 g/mol. The fourth-order valence-electron chi connectivity index (χ4n) is 1.86. The summed E-state index contributed by atoms with van der Waals surface area (Å²) in [6, 6.07) is 8.32. The molecule has 2 aromatic rings. The van der Waals surface area contributed by atoms with Gasteiger partial charge in [-0.15, -0.1) is 0 Å². The van der Waals surface area contributed by atoms with Gasteiger partial charge in [0.05, 0.1) is 16.7 Å². The Bertz CT molecular complexity index is 767. The van der Waals surface area contributed by atoms with Crippen LogP contribution in [0.25, 0.3) is 0 Å². The minimum atomic E-state index is -0.978. The fraction of sp³-hybridized carbons (Fsp3) is 0. The molecule has 0 aliphatic carbocycles. The van der Waals surface area contributed by atoms with Crippen molar-refractivity contribution in [2.75, 3.05) is 0 Å². The lowest BCUT2D eigenvalue weighted by molar-refractivity contribution is -0.0586. The van der Waals surface area contributed by atoms with Gasteiger partial charge in [-0.25, -0.2) is 9.59 Å². The number of rotatable bonds is 2. The van der Waals surface area contributed by atoms with E-state index in [4.69, 9.17) is 4.84 Å². The molecule has 7 heteroatoms. The van der Waals surface area contributed by atoms with Crippen molar-refractivity contribution in [2.24, 2.45) is 0 Å². The van der Waals surface area contributed by atoms with Crippen LogP contribution in [0.5, 0.6) is 0 Å². The van der Waals surface area contributed by atoms with Crippen LogP contribution in [0.4, 0.5) is 0 Å². The van der Waals surface area contributed by atoms with Gasteiger partial charge in [-0.3, -0.25) is 9.59 Å². The third kappa shape index (κ3) is 2.10. The number of hydrogen-bond acceptors (Lipinski definition) is 6. The summed E-state index contributed by atoms with van der Waals surface area (Å²) < 4.78 is 4.51. The van der Waals surface area contributed by atoms with Gasteiger partial charge in [-0.2, -0.15) is 0 Å². The second-order valence-electron chi connectivity index (χ2n) is 4.17. The lowest BCUT2D eigenvalue weighted by Gasteiger charge is -2.12. The number of imide groups is 1. The summed E-state index contributed by atoms with van der Waals surface area (Å²) in [6.07, 6.45) is 0.892. The van der Waals surface area contributed by atoms with Crippen molar-refractivity contribution in [1.29, 1.82) is 0 Å². The van der Waals surface area contributed by atoms with Gasteiger partial charge in [0.1, 0.15) is 6.26 Å². The normalized spacial score (nSPS) is 13.2. The Kier molecular flexibility index (Phi) is 2.87.